The van der Waals surface area contributed by atoms with E-state index >= 15 is 0 Å². The summed E-state index contributed by atoms with van der Waals surface area (Å²) in [5.74, 6) is -0.178. The minimum atomic E-state index is -0.798. The van der Waals surface area contributed by atoms with Crippen molar-refractivity contribution < 1.29 is 9.90 Å². The fourth-order valence-electron chi connectivity index (χ4n) is 2.37. The van der Waals surface area contributed by atoms with Crippen molar-refractivity contribution in [2.45, 2.75) is 44.8 Å². The van der Waals surface area contributed by atoms with Crippen LogP contribution in [0.25, 0.3) is 0 Å². The van der Waals surface area contributed by atoms with Gasteiger partial charge in [0.2, 0.25) is 0 Å². The molecule has 1 aliphatic rings. The molecule has 0 saturated carbocycles. The third kappa shape index (κ3) is 3.80. The fraction of sp³-hybridized carbons (Fsp3) is 0.714. The largest absolute Gasteiger partial charge is 0.388 e. The maximum Gasteiger partial charge on any atom is 0.254 e. The van der Waals surface area contributed by atoms with Gasteiger partial charge in [0.05, 0.1) is 17.4 Å². The highest BCUT2D eigenvalue weighted by Crippen LogP contribution is 2.18. The van der Waals surface area contributed by atoms with E-state index in [-0.39, 0.29) is 11.9 Å². The number of carbonyl (C=O) groups excluding carboxylic acids is 1. The molecule has 3 N–H and O–H groups in total. The van der Waals surface area contributed by atoms with E-state index in [1.165, 1.54) is 0 Å². The van der Waals surface area contributed by atoms with Gasteiger partial charge in [0.25, 0.3) is 5.91 Å². The topological polar surface area (TPSA) is 79.2 Å². The SMILES string of the molecule is CC(C)n1cc(C(=O)NC[C@@]2(O)CCCNCC2)cn1. The molecule has 6 heteroatoms. The molecule has 0 aliphatic carbocycles. The van der Waals surface area contributed by atoms with E-state index in [1.807, 2.05) is 13.8 Å². The summed E-state index contributed by atoms with van der Waals surface area (Å²) in [5, 5.41) is 20.7. The highest BCUT2D eigenvalue weighted by molar-refractivity contribution is 5.93. The first-order valence-electron chi connectivity index (χ1n) is 7.26. The van der Waals surface area contributed by atoms with Gasteiger partial charge in [0, 0.05) is 18.8 Å². The Kier molecular flexibility index (Phi) is 4.77. The third-order valence-electron chi connectivity index (χ3n) is 3.73. The predicted octanol–water partition coefficient (Wildman–Crippen LogP) is 0.698. The quantitative estimate of drug-likeness (QED) is 0.758. The molecular formula is C14H24N4O2. The predicted molar refractivity (Wildman–Crippen MR) is 76.6 cm³/mol. The zero-order valence-corrected chi connectivity index (χ0v) is 12.2. The van der Waals surface area contributed by atoms with Gasteiger partial charge < -0.3 is 15.7 Å². The molecule has 112 valence electrons. The van der Waals surface area contributed by atoms with Gasteiger partial charge >= 0.3 is 0 Å². The standard InChI is InChI=1S/C14H24N4O2/c1-11(2)18-9-12(8-17-18)13(19)16-10-14(20)4-3-6-15-7-5-14/h8-9,11,15,20H,3-7,10H2,1-2H3,(H,16,19)/t14-/m1/s1. The first kappa shape index (κ1) is 15.0. The van der Waals surface area contributed by atoms with E-state index in [4.69, 9.17) is 0 Å². The van der Waals surface area contributed by atoms with Gasteiger partial charge in [-0.15, -0.1) is 0 Å². The van der Waals surface area contributed by atoms with Gasteiger partial charge in [0.1, 0.15) is 0 Å². The molecule has 0 bridgehead atoms. The summed E-state index contributed by atoms with van der Waals surface area (Å²) in [6, 6.07) is 0.230. The molecule has 1 aliphatic heterocycles. The Morgan fingerprint density at radius 3 is 3.05 bits per heavy atom. The van der Waals surface area contributed by atoms with Gasteiger partial charge in [-0.1, -0.05) is 0 Å². The van der Waals surface area contributed by atoms with Crippen molar-refractivity contribution in [1.82, 2.24) is 20.4 Å². The van der Waals surface area contributed by atoms with Crippen molar-refractivity contribution in [1.29, 1.82) is 0 Å². The maximum absolute atomic E-state index is 12.1. The van der Waals surface area contributed by atoms with Crippen LogP contribution in [0, 0.1) is 0 Å². The Balaban J connectivity index is 1.90. The monoisotopic (exact) mass is 280 g/mol. The molecule has 20 heavy (non-hydrogen) atoms. The molecule has 1 aromatic heterocycles. The van der Waals surface area contributed by atoms with E-state index in [0.717, 1.165) is 19.5 Å². The minimum absolute atomic E-state index is 0.178. The fourth-order valence-corrected chi connectivity index (χ4v) is 2.37. The zero-order chi connectivity index (χ0) is 14.6. The second-order valence-electron chi connectivity index (χ2n) is 5.81. The number of amides is 1. The number of aliphatic hydroxyl groups is 1. The Morgan fingerprint density at radius 1 is 1.55 bits per heavy atom. The summed E-state index contributed by atoms with van der Waals surface area (Å²) >= 11 is 0. The summed E-state index contributed by atoms with van der Waals surface area (Å²) < 4.78 is 1.75. The van der Waals surface area contributed by atoms with Crippen molar-refractivity contribution in [2.24, 2.45) is 0 Å². The van der Waals surface area contributed by atoms with Gasteiger partial charge in [-0.3, -0.25) is 9.48 Å². The molecule has 6 nitrogen and oxygen atoms in total. The maximum atomic E-state index is 12.1. The zero-order valence-electron chi connectivity index (χ0n) is 12.2. The van der Waals surface area contributed by atoms with E-state index in [1.54, 1.807) is 17.1 Å². The normalized spacial score (nSPS) is 23.6. The van der Waals surface area contributed by atoms with Crippen LogP contribution >= 0.6 is 0 Å². The van der Waals surface area contributed by atoms with Gasteiger partial charge in [-0.25, -0.2) is 0 Å². The van der Waals surface area contributed by atoms with E-state index < -0.39 is 5.60 Å². The van der Waals surface area contributed by atoms with E-state index in [2.05, 4.69) is 15.7 Å². The number of hydrogen-bond acceptors (Lipinski definition) is 4. The number of nitrogens with zero attached hydrogens (tertiary/aromatic N) is 2. The highest BCUT2D eigenvalue weighted by Gasteiger charge is 2.28. The van der Waals surface area contributed by atoms with Crippen LogP contribution in [-0.4, -0.2) is 46.0 Å². The van der Waals surface area contributed by atoms with Gasteiger partial charge in [-0.2, -0.15) is 5.10 Å². The lowest BCUT2D eigenvalue weighted by Gasteiger charge is -2.26. The lowest BCUT2D eigenvalue weighted by Crippen LogP contribution is -2.43. The number of rotatable bonds is 4. The van der Waals surface area contributed by atoms with Crippen molar-refractivity contribution in [3.05, 3.63) is 18.0 Å². The van der Waals surface area contributed by atoms with Crippen LogP contribution < -0.4 is 10.6 Å². The van der Waals surface area contributed by atoms with Crippen molar-refractivity contribution in [3.63, 3.8) is 0 Å². The van der Waals surface area contributed by atoms with E-state index in [0.29, 0.717) is 24.9 Å². The first-order valence-corrected chi connectivity index (χ1v) is 7.26. The molecule has 0 radical (unpaired) electrons. The highest BCUT2D eigenvalue weighted by atomic mass is 16.3. The number of aromatic nitrogens is 2. The van der Waals surface area contributed by atoms with Crippen LogP contribution in [0.5, 0.6) is 0 Å². The van der Waals surface area contributed by atoms with Crippen LogP contribution in [0.15, 0.2) is 12.4 Å². The summed E-state index contributed by atoms with van der Waals surface area (Å²) in [6.45, 7) is 6.03. The molecular weight excluding hydrogens is 256 g/mol. The number of hydrogen-bond donors (Lipinski definition) is 3. The van der Waals surface area contributed by atoms with Gasteiger partial charge in [0.15, 0.2) is 0 Å². The molecule has 2 heterocycles. The lowest BCUT2D eigenvalue weighted by molar-refractivity contribution is 0.0276. The molecule has 1 atom stereocenters. The number of carbonyl (C=O) groups is 1. The molecule has 1 saturated heterocycles. The molecule has 1 fully saturated rings. The second kappa shape index (κ2) is 6.37. The smallest absolute Gasteiger partial charge is 0.254 e. The summed E-state index contributed by atoms with van der Waals surface area (Å²) in [4.78, 5) is 12.1. The molecule has 0 unspecified atom stereocenters. The number of nitrogens with one attached hydrogen (secondary N) is 2. The Morgan fingerprint density at radius 2 is 2.35 bits per heavy atom. The van der Waals surface area contributed by atoms with Crippen LogP contribution in [0.2, 0.25) is 0 Å². The van der Waals surface area contributed by atoms with Crippen LogP contribution in [0.1, 0.15) is 49.5 Å². The summed E-state index contributed by atoms with van der Waals surface area (Å²) in [6.07, 6.45) is 5.61. The van der Waals surface area contributed by atoms with Crippen molar-refractivity contribution >= 4 is 5.91 Å². The molecule has 1 aromatic rings. The van der Waals surface area contributed by atoms with Gasteiger partial charge in [-0.05, 0) is 46.2 Å². The van der Waals surface area contributed by atoms with Crippen LogP contribution in [-0.2, 0) is 0 Å². The summed E-state index contributed by atoms with van der Waals surface area (Å²) in [5.41, 5.74) is -0.262. The minimum Gasteiger partial charge on any atom is -0.388 e. The Labute approximate surface area is 119 Å². The van der Waals surface area contributed by atoms with Crippen molar-refractivity contribution in [2.75, 3.05) is 19.6 Å². The van der Waals surface area contributed by atoms with Crippen LogP contribution in [0.3, 0.4) is 0 Å². The Bertz CT molecular complexity index is 448. The third-order valence-corrected chi connectivity index (χ3v) is 3.73. The average Bonchev–Trinajstić information content (AvgIpc) is 2.81. The Hall–Kier alpha value is -1.40. The van der Waals surface area contributed by atoms with Crippen molar-refractivity contribution in [3.8, 4) is 0 Å². The van der Waals surface area contributed by atoms with E-state index in [9.17, 15) is 9.90 Å². The average molecular weight is 280 g/mol. The lowest BCUT2D eigenvalue weighted by atomic mass is 9.95. The molecule has 0 aromatic carbocycles. The molecule has 0 spiro atoms. The molecule has 2 rings (SSSR count). The second-order valence-corrected chi connectivity index (χ2v) is 5.81. The molecule has 1 amide bonds. The first-order chi connectivity index (χ1) is 9.50. The van der Waals surface area contributed by atoms with Crippen LogP contribution in [0.4, 0.5) is 0 Å². The summed E-state index contributed by atoms with van der Waals surface area (Å²) in [7, 11) is 0.